The topological polar surface area (TPSA) is 47.2 Å². The van der Waals surface area contributed by atoms with Crippen molar-refractivity contribution < 1.29 is 3.48 Å². The number of pyridine rings is 1. The number of nitrogens with zero attached hydrogens (tertiary/aromatic N) is 3. The predicted molar refractivity (Wildman–Crippen MR) is 109 cm³/mol. The first-order valence-electron chi connectivity index (χ1n) is 8.82. The van der Waals surface area contributed by atoms with E-state index in [9.17, 15) is 0 Å². The van der Waals surface area contributed by atoms with Crippen LogP contribution in [-0.2, 0) is 0 Å². The Morgan fingerprint density at radius 3 is 2.56 bits per heavy atom. The molecule has 2 aromatic heterocycles. The van der Waals surface area contributed by atoms with Crippen LogP contribution in [0.2, 0.25) is 0 Å². The minimum atomic E-state index is -0.239. The Hall–Kier alpha value is -3.10. The predicted octanol–water partition coefficient (Wildman–Crippen LogP) is 3.25. The van der Waals surface area contributed by atoms with Gasteiger partial charge in [0.05, 0.1) is 0 Å². The Labute approximate surface area is 162 Å². The summed E-state index contributed by atoms with van der Waals surface area (Å²) in [5, 5.41) is 3.84. The molecule has 0 bridgehead atoms. The third-order valence-electron chi connectivity index (χ3n) is 5.12. The van der Waals surface area contributed by atoms with E-state index in [0.717, 1.165) is 28.1 Å². The Bertz CT molecular complexity index is 1400. The molecule has 1 aliphatic rings. The van der Waals surface area contributed by atoms with Crippen LogP contribution in [0.5, 0.6) is 0 Å². The van der Waals surface area contributed by atoms with Gasteiger partial charge in [0.1, 0.15) is 0 Å². The van der Waals surface area contributed by atoms with E-state index < -0.39 is 0 Å². The van der Waals surface area contributed by atoms with Gasteiger partial charge in [0.25, 0.3) is 0 Å². The molecule has 127 valence electrons. The standard InChI is InChI=1S/C22H15AsN4/c24-17-9-7-14(8-10-17)16-11-12-26-20(13-16)25-22-18-5-1-3-15-4-2-6-19(21(15)18)27(22)23-26/h1-13H,24H2/q+1. The molecule has 0 saturated heterocycles. The van der Waals surface area contributed by atoms with Gasteiger partial charge in [0.2, 0.25) is 0 Å². The maximum atomic E-state index is 5.82. The van der Waals surface area contributed by atoms with Crippen LogP contribution in [0.4, 0.5) is 11.5 Å². The van der Waals surface area contributed by atoms with Gasteiger partial charge in [-0.05, 0) is 0 Å². The van der Waals surface area contributed by atoms with E-state index in [2.05, 4.69) is 73.8 Å². The number of rotatable bonds is 1. The van der Waals surface area contributed by atoms with Gasteiger partial charge in [-0.25, -0.2) is 0 Å². The van der Waals surface area contributed by atoms with Gasteiger partial charge in [-0.1, -0.05) is 0 Å². The Balaban J connectivity index is 1.61. The zero-order chi connectivity index (χ0) is 18.0. The quantitative estimate of drug-likeness (QED) is 0.328. The number of benzene rings is 3. The molecule has 5 aromatic rings. The molecule has 0 spiro atoms. The van der Waals surface area contributed by atoms with Crippen LogP contribution in [0.15, 0.2) is 84.0 Å². The molecule has 2 N–H and O–H groups in total. The van der Waals surface area contributed by atoms with Crippen LogP contribution >= 0.6 is 0 Å². The van der Waals surface area contributed by atoms with Crippen molar-refractivity contribution in [3.63, 3.8) is 0 Å². The van der Waals surface area contributed by atoms with Gasteiger partial charge in [-0.3, -0.25) is 0 Å². The summed E-state index contributed by atoms with van der Waals surface area (Å²) in [7, 11) is 0. The van der Waals surface area contributed by atoms with Gasteiger partial charge >= 0.3 is 163 Å². The molecular weight excluding hydrogens is 395 g/mol. The molecule has 1 radical (unpaired) electrons. The molecule has 1 aliphatic heterocycles. The van der Waals surface area contributed by atoms with Crippen LogP contribution in [0.1, 0.15) is 0 Å². The van der Waals surface area contributed by atoms with Crippen LogP contribution in [-0.4, -0.2) is 19.7 Å². The fourth-order valence-electron chi connectivity index (χ4n) is 3.81. The zero-order valence-corrected chi connectivity index (χ0v) is 16.2. The van der Waals surface area contributed by atoms with E-state index in [1.54, 1.807) is 0 Å². The van der Waals surface area contributed by atoms with Gasteiger partial charge < -0.3 is 0 Å². The summed E-state index contributed by atoms with van der Waals surface area (Å²) < 4.78 is 4.68. The number of nitrogens with two attached hydrogens (primary N) is 1. The summed E-state index contributed by atoms with van der Waals surface area (Å²) in [4.78, 5) is 5.06. The summed E-state index contributed by atoms with van der Waals surface area (Å²) >= 11 is -0.239. The van der Waals surface area contributed by atoms with Gasteiger partial charge in [-0.15, -0.1) is 0 Å². The normalized spacial score (nSPS) is 13.6. The molecule has 0 amide bonds. The first-order valence-corrected chi connectivity index (χ1v) is 10.5. The molecule has 3 heterocycles. The second-order valence-corrected chi connectivity index (χ2v) is 8.88. The first kappa shape index (κ1) is 15.0. The molecule has 0 aliphatic carbocycles. The molecule has 27 heavy (non-hydrogen) atoms. The summed E-state index contributed by atoms with van der Waals surface area (Å²) in [5.74, 6) is 1.01. The number of hydrogen-bond donors (Lipinski definition) is 1. The second-order valence-electron chi connectivity index (χ2n) is 6.76. The van der Waals surface area contributed by atoms with Crippen LogP contribution in [0.25, 0.3) is 32.8 Å². The average Bonchev–Trinajstić information content (AvgIpc) is 3.02. The van der Waals surface area contributed by atoms with Crippen LogP contribution in [0, 0.1) is 0 Å². The number of hydrogen-bond acceptors (Lipinski definition) is 2. The van der Waals surface area contributed by atoms with E-state index in [-0.39, 0.29) is 16.2 Å². The van der Waals surface area contributed by atoms with Crippen molar-refractivity contribution >= 4 is 49.4 Å². The van der Waals surface area contributed by atoms with Crippen molar-refractivity contribution in [2.75, 3.05) is 5.73 Å². The Morgan fingerprint density at radius 2 is 1.70 bits per heavy atom. The number of nitrogen functional groups attached to an aromatic ring is 1. The van der Waals surface area contributed by atoms with Crippen molar-refractivity contribution in [1.29, 1.82) is 0 Å². The number of aromatic nitrogens is 2. The molecule has 0 fully saturated rings. The fourth-order valence-corrected chi connectivity index (χ4v) is 5.94. The van der Waals surface area contributed by atoms with Crippen LogP contribution < -0.4 is 14.7 Å². The minimum absolute atomic E-state index is 0.239. The SMILES string of the molecule is Nc1ccc(-c2cc[n+]3c(c2)N=c2c4cccc5cccc(c54)n2[As]3)cc1. The summed E-state index contributed by atoms with van der Waals surface area (Å²) in [5.41, 5.74) is 11.3. The van der Waals surface area contributed by atoms with Gasteiger partial charge in [0, 0.05) is 0 Å². The monoisotopic (exact) mass is 410 g/mol. The molecular formula is C22H15AsN4+. The average molecular weight is 410 g/mol. The van der Waals surface area contributed by atoms with Crippen LogP contribution in [0.3, 0.4) is 0 Å². The molecule has 0 unspecified atom stereocenters. The van der Waals surface area contributed by atoms with Crippen molar-refractivity contribution in [2.24, 2.45) is 4.99 Å². The van der Waals surface area contributed by atoms with Crippen molar-refractivity contribution in [2.45, 2.75) is 0 Å². The summed E-state index contributed by atoms with van der Waals surface area (Å²) in [6, 6.07) is 25.3. The Morgan fingerprint density at radius 1 is 0.889 bits per heavy atom. The van der Waals surface area contributed by atoms with Crippen molar-refractivity contribution in [3.05, 3.63) is 84.5 Å². The first-order chi connectivity index (χ1) is 13.3. The van der Waals surface area contributed by atoms with E-state index in [1.165, 1.54) is 21.7 Å². The molecule has 3 aromatic carbocycles. The molecule has 0 atom stereocenters. The van der Waals surface area contributed by atoms with E-state index in [4.69, 9.17) is 10.7 Å². The van der Waals surface area contributed by atoms with Gasteiger partial charge in [0.15, 0.2) is 0 Å². The number of fused-ring (bicyclic) bond motifs is 4. The maximum absolute atomic E-state index is 5.82. The molecule has 0 saturated carbocycles. The van der Waals surface area contributed by atoms with Crippen molar-refractivity contribution in [1.82, 2.24) is 3.48 Å². The number of anilines is 1. The van der Waals surface area contributed by atoms with Gasteiger partial charge in [-0.2, -0.15) is 0 Å². The molecule has 4 nitrogen and oxygen atoms in total. The fraction of sp³-hybridized carbons (Fsp3) is 0. The van der Waals surface area contributed by atoms with E-state index in [0.29, 0.717) is 0 Å². The zero-order valence-electron chi connectivity index (χ0n) is 14.4. The Kier molecular flexibility index (Phi) is 3.03. The molecule has 6 rings (SSSR count). The summed E-state index contributed by atoms with van der Waals surface area (Å²) in [6.07, 6.45) is 2.16. The third kappa shape index (κ3) is 2.17. The van der Waals surface area contributed by atoms with E-state index >= 15 is 0 Å². The summed E-state index contributed by atoms with van der Waals surface area (Å²) in [6.45, 7) is 0. The second kappa shape index (κ2) is 5.45. The molecule has 5 heteroatoms. The van der Waals surface area contributed by atoms with Crippen molar-refractivity contribution in [3.8, 4) is 11.1 Å². The third-order valence-corrected chi connectivity index (χ3v) is 7.46. The van der Waals surface area contributed by atoms with E-state index in [1.807, 2.05) is 12.1 Å².